The van der Waals surface area contributed by atoms with Gasteiger partial charge in [0.05, 0.1) is 6.54 Å². The summed E-state index contributed by atoms with van der Waals surface area (Å²) in [5.74, 6) is 0.112. The highest BCUT2D eigenvalue weighted by molar-refractivity contribution is 6.30. The molecule has 0 spiro atoms. The maximum atomic E-state index is 11.9. The third-order valence-corrected chi connectivity index (χ3v) is 3.93. The Morgan fingerprint density at radius 2 is 1.42 bits per heavy atom. The molecule has 0 radical (unpaired) electrons. The van der Waals surface area contributed by atoms with E-state index in [9.17, 15) is 9.59 Å². The van der Waals surface area contributed by atoms with Gasteiger partial charge in [-0.05, 0) is 61.4 Å². The van der Waals surface area contributed by atoms with Gasteiger partial charge < -0.3 is 16.0 Å². The van der Waals surface area contributed by atoms with Crippen LogP contribution in [0.15, 0.2) is 48.5 Å². The Hall–Kier alpha value is -2.53. The fourth-order valence-corrected chi connectivity index (χ4v) is 2.31. The number of amides is 2. The molecule has 0 aliphatic heterocycles. The number of hydrogen-bond acceptors (Lipinski definition) is 3. The molecule has 0 atom stereocenters. The van der Waals surface area contributed by atoms with Crippen LogP contribution in [0.4, 0.5) is 17.1 Å². The molecule has 24 heavy (non-hydrogen) atoms. The molecule has 2 amide bonds. The van der Waals surface area contributed by atoms with Gasteiger partial charge in [-0.1, -0.05) is 11.6 Å². The summed E-state index contributed by atoms with van der Waals surface area (Å²) in [5, 5.41) is 9.32. The van der Waals surface area contributed by atoms with E-state index in [1.165, 1.54) is 0 Å². The molecule has 2 aromatic carbocycles. The van der Waals surface area contributed by atoms with Gasteiger partial charge in [0.15, 0.2) is 0 Å². The summed E-state index contributed by atoms with van der Waals surface area (Å²) in [6.07, 6.45) is 1.96. The molecule has 0 unspecified atom stereocenters. The smallest absolute Gasteiger partial charge is 0.243 e. The summed E-state index contributed by atoms with van der Waals surface area (Å²) in [5.41, 5.74) is 2.28. The van der Waals surface area contributed by atoms with Crippen molar-refractivity contribution >= 4 is 40.5 Å². The first-order valence-electron chi connectivity index (χ1n) is 7.80. The predicted molar refractivity (Wildman–Crippen MR) is 96.4 cm³/mol. The van der Waals surface area contributed by atoms with E-state index in [1.54, 1.807) is 24.3 Å². The Bertz CT molecular complexity index is 725. The van der Waals surface area contributed by atoms with E-state index in [2.05, 4.69) is 16.0 Å². The number of anilines is 3. The molecule has 0 heterocycles. The van der Waals surface area contributed by atoms with Crippen molar-refractivity contribution in [2.75, 3.05) is 22.5 Å². The number of halogens is 1. The number of carbonyl (C=O) groups excluding carboxylic acids is 2. The topological polar surface area (TPSA) is 70.2 Å². The SMILES string of the molecule is O=C(CNc1ccc(NC(=O)C2CC2)cc1)Nc1ccc(Cl)cc1. The molecule has 1 fully saturated rings. The minimum absolute atomic E-state index is 0.0815. The van der Waals surface area contributed by atoms with Crippen molar-refractivity contribution in [2.45, 2.75) is 12.8 Å². The van der Waals surface area contributed by atoms with Crippen LogP contribution in [0.25, 0.3) is 0 Å². The van der Waals surface area contributed by atoms with Crippen LogP contribution in [-0.2, 0) is 9.59 Å². The van der Waals surface area contributed by atoms with Gasteiger partial charge in [-0.3, -0.25) is 9.59 Å². The van der Waals surface area contributed by atoms with Crippen LogP contribution in [0.1, 0.15) is 12.8 Å². The largest absolute Gasteiger partial charge is 0.376 e. The van der Waals surface area contributed by atoms with Gasteiger partial charge in [0.2, 0.25) is 11.8 Å². The van der Waals surface area contributed by atoms with Crippen LogP contribution in [0.2, 0.25) is 5.02 Å². The lowest BCUT2D eigenvalue weighted by Crippen LogP contribution is -2.21. The summed E-state index contributed by atoms with van der Waals surface area (Å²) in [7, 11) is 0. The summed E-state index contributed by atoms with van der Waals surface area (Å²) < 4.78 is 0. The first-order chi connectivity index (χ1) is 11.6. The zero-order valence-electron chi connectivity index (χ0n) is 13.0. The Kier molecular flexibility index (Phi) is 5.01. The van der Waals surface area contributed by atoms with Crippen molar-refractivity contribution in [1.82, 2.24) is 0 Å². The molecular formula is C18H18ClN3O2. The molecule has 0 saturated heterocycles. The molecule has 1 saturated carbocycles. The Labute approximate surface area is 145 Å². The maximum Gasteiger partial charge on any atom is 0.243 e. The van der Waals surface area contributed by atoms with Gasteiger partial charge >= 0.3 is 0 Å². The second kappa shape index (κ2) is 7.36. The minimum atomic E-state index is -0.150. The minimum Gasteiger partial charge on any atom is -0.376 e. The van der Waals surface area contributed by atoms with Crippen molar-refractivity contribution in [3.8, 4) is 0 Å². The molecule has 3 N–H and O–H groups in total. The molecule has 5 nitrogen and oxygen atoms in total. The van der Waals surface area contributed by atoms with E-state index >= 15 is 0 Å². The first-order valence-corrected chi connectivity index (χ1v) is 8.18. The van der Waals surface area contributed by atoms with Crippen LogP contribution in [0, 0.1) is 5.92 Å². The van der Waals surface area contributed by atoms with Gasteiger partial charge in [-0.15, -0.1) is 0 Å². The number of rotatable bonds is 6. The van der Waals surface area contributed by atoms with E-state index in [4.69, 9.17) is 11.6 Å². The quantitative estimate of drug-likeness (QED) is 0.748. The lowest BCUT2D eigenvalue weighted by Gasteiger charge is -2.09. The van der Waals surface area contributed by atoms with E-state index in [0.29, 0.717) is 10.7 Å². The zero-order valence-corrected chi connectivity index (χ0v) is 13.8. The van der Waals surface area contributed by atoms with Gasteiger partial charge in [-0.2, -0.15) is 0 Å². The van der Waals surface area contributed by atoms with Crippen molar-refractivity contribution in [3.05, 3.63) is 53.6 Å². The second-order valence-corrected chi connectivity index (χ2v) is 6.19. The summed E-state index contributed by atoms with van der Waals surface area (Å²) in [4.78, 5) is 23.6. The van der Waals surface area contributed by atoms with E-state index in [0.717, 1.165) is 24.2 Å². The van der Waals surface area contributed by atoms with Crippen LogP contribution < -0.4 is 16.0 Å². The van der Waals surface area contributed by atoms with Gasteiger partial charge in [0, 0.05) is 28.0 Å². The van der Waals surface area contributed by atoms with Crippen LogP contribution >= 0.6 is 11.6 Å². The number of hydrogen-bond donors (Lipinski definition) is 3. The summed E-state index contributed by atoms with van der Waals surface area (Å²) in [6.45, 7) is 0.149. The highest BCUT2D eigenvalue weighted by Crippen LogP contribution is 2.30. The van der Waals surface area contributed by atoms with Crippen LogP contribution in [0.5, 0.6) is 0 Å². The second-order valence-electron chi connectivity index (χ2n) is 5.75. The molecule has 1 aliphatic rings. The third kappa shape index (κ3) is 4.73. The first kappa shape index (κ1) is 16.3. The highest BCUT2D eigenvalue weighted by atomic mass is 35.5. The van der Waals surface area contributed by atoms with Gasteiger partial charge in [0.1, 0.15) is 0 Å². The lowest BCUT2D eigenvalue weighted by molar-refractivity contribution is -0.117. The lowest BCUT2D eigenvalue weighted by atomic mass is 10.2. The van der Waals surface area contributed by atoms with Crippen LogP contribution in [-0.4, -0.2) is 18.4 Å². The molecule has 124 valence electrons. The van der Waals surface area contributed by atoms with E-state index in [1.807, 2.05) is 24.3 Å². The van der Waals surface area contributed by atoms with E-state index < -0.39 is 0 Å². The summed E-state index contributed by atoms with van der Waals surface area (Å²) in [6, 6.07) is 14.2. The summed E-state index contributed by atoms with van der Waals surface area (Å²) >= 11 is 5.80. The van der Waals surface area contributed by atoms with Crippen molar-refractivity contribution in [3.63, 3.8) is 0 Å². The molecule has 2 aromatic rings. The fourth-order valence-electron chi connectivity index (χ4n) is 2.18. The molecule has 6 heteroatoms. The molecule has 0 aromatic heterocycles. The third-order valence-electron chi connectivity index (χ3n) is 3.68. The highest BCUT2D eigenvalue weighted by Gasteiger charge is 2.29. The monoisotopic (exact) mass is 343 g/mol. The van der Waals surface area contributed by atoms with E-state index in [-0.39, 0.29) is 24.3 Å². The Balaban J connectivity index is 1.46. The Morgan fingerprint density at radius 3 is 2.04 bits per heavy atom. The zero-order chi connectivity index (χ0) is 16.9. The molecule has 1 aliphatic carbocycles. The molecule has 0 bridgehead atoms. The predicted octanol–water partition coefficient (Wildman–Crippen LogP) is 3.74. The average Bonchev–Trinajstić information content (AvgIpc) is 3.41. The van der Waals surface area contributed by atoms with Crippen LogP contribution in [0.3, 0.4) is 0 Å². The Morgan fingerprint density at radius 1 is 0.875 bits per heavy atom. The van der Waals surface area contributed by atoms with Gasteiger partial charge in [0.25, 0.3) is 0 Å². The molecule has 3 rings (SSSR count). The fraction of sp³-hybridized carbons (Fsp3) is 0.222. The maximum absolute atomic E-state index is 11.9. The van der Waals surface area contributed by atoms with Crippen molar-refractivity contribution in [1.29, 1.82) is 0 Å². The normalized spacial score (nSPS) is 13.2. The van der Waals surface area contributed by atoms with Crippen molar-refractivity contribution < 1.29 is 9.59 Å². The number of carbonyl (C=O) groups is 2. The van der Waals surface area contributed by atoms with Gasteiger partial charge in [-0.25, -0.2) is 0 Å². The standard InChI is InChI=1S/C18H18ClN3O2/c19-13-3-5-15(6-4-13)21-17(23)11-20-14-7-9-16(10-8-14)22-18(24)12-1-2-12/h3-10,12,20H,1-2,11H2,(H,21,23)(H,22,24). The number of benzene rings is 2. The average molecular weight is 344 g/mol. The van der Waals surface area contributed by atoms with Crippen molar-refractivity contribution in [2.24, 2.45) is 5.92 Å². The number of nitrogens with one attached hydrogen (secondary N) is 3. The molecular weight excluding hydrogens is 326 g/mol.